The van der Waals surface area contributed by atoms with E-state index in [4.69, 9.17) is 4.74 Å². The van der Waals surface area contributed by atoms with Crippen molar-refractivity contribution in [2.45, 2.75) is 38.5 Å². The van der Waals surface area contributed by atoms with Gasteiger partial charge in [-0.1, -0.05) is 19.2 Å². The molecule has 4 heteroatoms. The Morgan fingerprint density at radius 3 is 2.37 bits per heavy atom. The van der Waals surface area contributed by atoms with Crippen LogP contribution in [0.3, 0.4) is 0 Å². The van der Waals surface area contributed by atoms with Crippen molar-refractivity contribution in [3.8, 4) is 0 Å². The summed E-state index contributed by atoms with van der Waals surface area (Å²) >= 11 is 4.42. The van der Waals surface area contributed by atoms with E-state index in [1.165, 1.54) is 4.57 Å². The number of thiol groups is 1. The molecule has 1 aromatic heterocycles. The molecule has 0 aromatic carbocycles. The van der Waals surface area contributed by atoms with Crippen molar-refractivity contribution in [1.29, 1.82) is 0 Å². The summed E-state index contributed by atoms with van der Waals surface area (Å²) in [6.45, 7) is 15.0. The van der Waals surface area contributed by atoms with Gasteiger partial charge in [-0.05, 0) is 39.3 Å². The molecule has 3 nitrogen and oxygen atoms in total. The third-order valence-electron chi connectivity index (χ3n) is 2.55. The third-order valence-corrected chi connectivity index (χ3v) is 2.83. The lowest BCUT2D eigenvalue weighted by molar-refractivity contribution is 0.0536. The largest absolute Gasteiger partial charge is 0.443 e. The SMILES string of the molecule is C=Cc1c(C(C)S)cn(C(=O)OC(C)(C)C)c1C=C. The zero-order valence-corrected chi connectivity index (χ0v) is 12.8. The predicted octanol–water partition coefficient (Wildman–Crippen LogP) is 4.55. The van der Waals surface area contributed by atoms with E-state index < -0.39 is 11.7 Å². The second kappa shape index (κ2) is 5.70. The van der Waals surface area contributed by atoms with E-state index in [1.807, 2.05) is 27.7 Å². The molecule has 0 saturated carbocycles. The minimum atomic E-state index is -0.541. The molecule has 104 valence electrons. The van der Waals surface area contributed by atoms with Gasteiger partial charge in [0.2, 0.25) is 0 Å². The summed E-state index contributed by atoms with van der Waals surface area (Å²) in [6.07, 6.45) is 4.64. The van der Waals surface area contributed by atoms with Crippen LogP contribution >= 0.6 is 12.6 Å². The highest BCUT2D eigenvalue weighted by Crippen LogP contribution is 2.29. The quantitative estimate of drug-likeness (QED) is 0.823. The Kier molecular flexibility index (Phi) is 4.69. The fraction of sp³-hybridized carbons (Fsp3) is 0.400. The minimum absolute atomic E-state index is 0.00427. The summed E-state index contributed by atoms with van der Waals surface area (Å²) in [7, 11) is 0. The van der Waals surface area contributed by atoms with Gasteiger partial charge in [0.05, 0.1) is 5.69 Å². The smallest absolute Gasteiger partial charge is 0.419 e. The van der Waals surface area contributed by atoms with Crippen LogP contribution in [0.5, 0.6) is 0 Å². The molecule has 0 aliphatic rings. The summed E-state index contributed by atoms with van der Waals surface area (Å²) in [5, 5.41) is -0.00427. The summed E-state index contributed by atoms with van der Waals surface area (Å²) in [5.41, 5.74) is 1.93. The first-order valence-corrected chi connectivity index (χ1v) is 6.64. The van der Waals surface area contributed by atoms with E-state index in [9.17, 15) is 4.79 Å². The lowest BCUT2D eigenvalue weighted by Gasteiger charge is -2.20. The van der Waals surface area contributed by atoms with Crippen molar-refractivity contribution in [2.75, 3.05) is 0 Å². The molecule has 0 amide bonds. The lowest BCUT2D eigenvalue weighted by Crippen LogP contribution is -2.27. The lowest BCUT2D eigenvalue weighted by atomic mass is 10.1. The highest BCUT2D eigenvalue weighted by Gasteiger charge is 2.22. The highest BCUT2D eigenvalue weighted by atomic mass is 32.1. The van der Waals surface area contributed by atoms with Gasteiger partial charge < -0.3 is 4.74 Å². The molecule has 1 heterocycles. The van der Waals surface area contributed by atoms with Crippen LogP contribution in [0.1, 0.15) is 49.8 Å². The first-order chi connectivity index (χ1) is 8.71. The second-order valence-electron chi connectivity index (χ2n) is 5.32. The van der Waals surface area contributed by atoms with Gasteiger partial charge in [-0.3, -0.25) is 4.57 Å². The molecular formula is C15H21NO2S. The van der Waals surface area contributed by atoms with E-state index in [2.05, 4.69) is 25.8 Å². The van der Waals surface area contributed by atoms with E-state index in [1.54, 1.807) is 18.3 Å². The summed E-state index contributed by atoms with van der Waals surface area (Å²) in [6, 6.07) is 0. The molecular weight excluding hydrogens is 258 g/mol. The van der Waals surface area contributed by atoms with Crippen molar-refractivity contribution in [3.05, 3.63) is 36.2 Å². The molecule has 19 heavy (non-hydrogen) atoms. The molecule has 0 fully saturated rings. The maximum Gasteiger partial charge on any atom is 0.419 e. The molecule has 1 rings (SSSR count). The summed E-state index contributed by atoms with van der Waals surface area (Å²) in [4.78, 5) is 12.2. The number of nitrogens with zero attached hydrogens (tertiary/aromatic N) is 1. The summed E-state index contributed by atoms with van der Waals surface area (Å²) in [5.74, 6) is 0. The maximum atomic E-state index is 12.2. The van der Waals surface area contributed by atoms with Crippen LogP contribution in [0, 0.1) is 0 Å². The van der Waals surface area contributed by atoms with Gasteiger partial charge in [-0.25, -0.2) is 4.79 Å². The Labute approximate surface area is 120 Å². The molecule has 0 spiro atoms. The molecule has 0 aliphatic heterocycles. The molecule has 0 aliphatic carbocycles. The van der Waals surface area contributed by atoms with Gasteiger partial charge in [0, 0.05) is 17.0 Å². The minimum Gasteiger partial charge on any atom is -0.443 e. The van der Waals surface area contributed by atoms with E-state index in [0.29, 0.717) is 5.69 Å². The standard InChI is InChI=1S/C15H21NO2S/c1-7-11-12(10(3)19)9-16(13(11)8-2)14(17)18-15(4,5)6/h7-10,19H,1-2H2,3-6H3. The van der Waals surface area contributed by atoms with Gasteiger partial charge in [0.25, 0.3) is 0 Å². The maximum absolute atomic E-state index is 12.2. The summed E-state index contributed by atoms with van der Waals surface area (Å²) < 4.78 is 6.83. The molecule has 0 saturated heterocycles. The van der Waals surface area contributed by atoms with Gasteiger partial charge in [0.15, 0.2) is 0 Å². The van der Waals surface area contributed by atoms with Crippen molar-refractivity contribution in [2.24, 2.45) is 0 Å². The topological polar surface area (TPSA) is 31.2 Å². The molecule has 1 unspecified atom stereocenters. The first-order valence-electron chi connectivity index (χ1n) is 6.12. The Bertz CT molecular complexity index is 507. The molecule has 0 bridgehead atoms. The molecule has 1 atom stereocenters. The van der Waals surface area contributed by atoms with Crippen LogP contribution in [-0.4, -0.2) is 16.3 Å². The monoisotopic (exact) mass is 279 g/mol. The first kappa shape index (κ1) is 15.6. The Balaban J connectivity index is 3.32. The highest BCUT2D eigenvalue weighted by molar-refractivity contribution is 7.80. The van der Waals surface area contributed by atoms with Gasteiger partial charge >= 0.3 is 6.09 Å². The molecule has 0 N–H and O–H groups in total. The predicted molar refractivity (Wildman–Crippen MR) is 83.6 cm³/mol. The number of carbonyl (C=O) groups excluding carboxylic acids is 1. The van der Waals surface area contributed by atoms with E-state index in [0.717, 1.165) is 11.1 Å². The number of hydrogen-bond acceptors (Lipinski definition) is 3. The van der Waals surface area contributed by atoms with Crippen molar-refractivity contribution < 1.29 is 9.53 Å². The second-order valence-corrected chi connectivity index (χ2v) is 6.09. The average Bonchev–Trinajstić information content (AvgIpc) is 2.64. The zero-order chi connectivity index (χ0) is 14.8. The fourth-order valence-corrected chi connectivity index (χ4v) is 1.99. The van der Waals surface area contributed by atoms with Crippen molar-refractivity contribution >= 4 is 30.9 Å². The van der Waals surface area contributed by atoms with Crippen LogP contribution < -0.4 is 0 Å². The fourth-order valence-electron chi connectivity index (χ4n) is 1.78. The van der Waals surface area contributed by atoms with Crippen LogP contribution in [0.15, 0.2) is 19.4 Å². The van der Waals surface area contributed by atoms with Crippen molar-refractivity contribution in [3.63, 3.8) is 0 Å². The third kappa shape index (κ3) is 3.53. The zero-order valence-electron chi connectivity index (χ0n) is 11.9. The molecule has 0 radical (unpaired) electrons. The van der Waals surface area contributed by atoms with Gasteiger partial charge in [-0.15, -0.1) is 0 Å². The number of ether oxygens (including phenoxy) is 1. The van der Waals surface area contributed by atoms with Gasteiger partial charge in [0.1, 0.15) is 5.60 Å². The number of aromatic nitrogens is 1. The van der Waals surface area contributed by atoms with E-state index in [-0.39, 0.29) is 5.25 Å². The van der Waals surface area contributed by atoms with Gasteiger partial charge in [-0.2, -0.15) is 12.6 Å². The number of carbonyl (C=O) groups is 1. The Morgan fingerprint density at radius 1 is 1.42 bits per heavy atom. The number of rotatable bonds is 3. The van der Waals surface area contributed by atoms with Crippen LogP contribution in [0.25, 0.3) is 12.2 Å². The Morgan fingerprint density at radius 2 is 2.00 bits per heavy atom. The van der Waals surface area contributed by atoms with Crippen LogP contribution in [-0.2, 0) is 4.74 Å². The number of hydrogen-bond donors (Lipinski definition) is 1. The van der Waals surface area contributed by atoms with Crippen molar-refractivity contribution in [1.82, 2.24) is 4.57 Å². The van der Waals surface area contributed by atoms with Crippen LogP contribution in [0.4, 0.5) is 4.79 Å². The molecule has 1 aromatic rings. The average molecular weight is 279 g/mol. The normalized spacial score (nSPS) is 12.9. The van der Waals surface area contributed by atoms with Crippen LogP contribution in [0.2, 0.25) is 0 Å². The Hall–Kier alpha value is -1.42. The van der Waals surface area contributed by atoms with E-state index >= 15 is 0 Å².